The lowest BCUT2D eigenvalue weighted by Gasteiger charge is -2.31. The van der Waals surface area contributed by atoms with Gasteiger partial charge in [-0.05, 0) is 48.7 Å². The number of ether oxygens (including phenoxy) is 2. The van der Waals surface area contributed by atoms with E-state index >= 15 is 0 Å². The van der Waals surface area contributed by atoms with Gasteiger partial charge in [0.05, 0.1) is 6.10 Å². The van der Waals surface area contributed by atoms with Crippen LogP contribution >= 0.6 is 0 Å². The van der Waals surface area contributed by atoms with Gasteiger partial charge in [-0.15, -0.1) is 5.92 Å². The smallest absolute Gasteiger partial charge is 0.272 e. The molecule has 2 rings (SSSR count). The van der Waals surface area contributed by atoms with Crippen molar-refractivity contribution in [2.24, 2.45) is 5.41 Å². The Hall–Kier alpha value is -1.35. The maximum atomic E-state index is 12.9. The summed E-state index contributed by atoms with van der Waals surface area (Å²) in [5.41, 5.74) is 3.60. The van der Waals surface area contributed by atoms with E-state index in [1.54, 1.807) is 12.1 Å². The summed E-state index contributed by atoms with van der Waals surface area (Å²) in [5, 5.41) is 0. The van der Waals surface area contributed by atoms with E-state index in [2.05, 4.69) is 45.7 Å². The van der Waals surface area contributed by atoms with Crippen molar-refractivity contribution in [3.8, 4) is 17.2 Å². The molecule has 3 nitrogen and oxygen atoms in total. The highest BCUT2D eigenvalue weighted by Crippen LogP contribution is 2.32. The van der Waals surface area contributed by atoms with Crippen molar-refractivity contribution in [3.05, 3.63) is 30.1 Å². The normalized spacial score (nSPS) is 22.4. The lowest BCUT2D eigenvalue weighted by molar-refractivity contribution is -0.0872. The molecule has 1 aromatic carbocycles. The summed E-state index contributed by atoms with van der Waals surface area (Å²) in [7, 11) is -2.16. The Morgan fingerprint density at radius 3 is 2.54 bits per heavy atom. The Bertz CT molecular complexity index is 629. The molecule has 3 atom stereocenters. The van der Waals surface area contributed by atoms with E-state index in [1.165, 1.54) is 12.1 Å². The van der Waals surface area contributed by atoms with Crippen molar-refractivity contribution >= 4 is 8.32 Å². The Morgan fingerprint density at radius 2 is 1.92 bits per heavy atom. The number of hydrogen-bond acceptors (Lipinski definition) is 3. The Labute approximate surface area is 158 Å². The minimum atomic E-state index is -2.16. The molecule has 0 aromatic heterocycles. The summed E-state index contributed by atoms with van der Waals surface area (Å²) >= 11 is 0. The van der Waals surface area contributed by atoms with Crippen LogP contribution in [0.1, 0.15) is 47.0 Å². The van der Waals surface area contributed by atoms with Gasteiger partial charge in [0, 0.05) is 12.8 Å². The van der Waals surface area contributed by atoms with Crippen molar-refractivity contribution in [2.75, 3.05) is 6.61 Å². The molecular weight excluding hydrogens is 347 g/mol. The summed E-state index contributed by atoms with van der Waals surface area (Å²) in [5.74, 6) is 3.61. The lowest BCUT2D eigenvalue weighted by atomic mass is 10.0. The van der Waals surface area contributed by atoms with Gasteiger partial charge in [-0.2, -0.15) is 0 Å². The molecule has 0 bridgehead atoms. The summed E-state index contributed by atoms with van der Waals surface area (Å²) < 4.78 is 31.1. The van der Waals surface area contributed by atoms with Gasteiger partial charge in [-0.3, -0.25) is 0 Å². The predicted octanol–water partition coefficient (Wildman–Crippen LogP) is 5.30. The molecule has 0 N–H and O–H groups in total. The molecule has 26 heavy (non-hydrogen) atoms. The van der Waals surface area contributed by atoms with Crippen LogP contribution in [0.5, 0.6) is 5.75 Å². The fourth-order valence-electron chi connectivity index (χ4n) is 3.29. The van der Waals surface area contributed by atoms with E-state index in [9.17, 15) is 4.39 Å². The second kappa shape index (κ2) is 9.03. The molecule has 0 spiro atoms. The van der Waals surface area contributed by atoms with Gasteiger partial charge in [0.2, 0.25) is 0 Å². The summed E-state index contributed by atoms with van der Waals surface area (Å²) in [6.45, 7) is 11.4. The van der Waals surface area contributed by atoms with Gasteiger partial charge >= 0.3 is 0 Å². The molecule has 5 heteroatoms. The first-order chi connectivity index (χ1) is 12.2. The van der Waals surface area contributed by atoms with Crippen LogP contribution in [0.4, 0.5) is 4.39 Å². The molecule has 0 aliphatic carbocycles. The van der Waals surface area contributed by atoms with Crippen molar-refractivity contribution in [1.82, 2.24) is 0 Å². The van der Waals surface area contributed by atoms with Crippen molar-refractivity contribution in [3.63, 3.8) is 0 Å². The Balaban J connectivity index is 1.88. The van der Waals surface area contributed by atoms with E-state index in [0.29, 0.717) is 12.4 Å². The van der Waals surface area contributed by atoms with Crippen LogP contribution in [-0.4, -0.2) is 27.3 Å². The van der Waals surface area contributed by atoms with Gasteiger partial charge < -0.3 is 13.9 Å². The standard InChI is InChI=1S/C21H31FO3Si/c1-6-7-14-26(5,16-21(2,3)4)25-20-13-12-19(24-20)15-23-18-10-8-17(22)9-11-18/h8-11,19-20H,6,12-13,15-16H2,1-5H3/t19-,20-,26?/m0/s1. The average Bonchev–Trinajstić information content (AvgIpc) is 2.98. The van der Waals surface area contributed by atoms with Gasteiger partial charge in [0.25, 0.3) is 8.32 Å². The number of benzene rings is 1. The largest absolute Gasteiger partial charge is 0.491 e. The molecule has 0 amide bonds. The van der Waals surface area contributed by atoms with Gasteiger partial charge in [0.15, 0.2) is 0 Å². The van der Waals surface area contributed by atoms with E-state index in [0.717, 1.165) is 25.3 Å². The molecule has 0 saturated carbocycles. The van der Waals surface area contributed by atoms with Crippen LogP contribution in [0.25, 0.3) is 0 Å². The highest BCUT2D eigenvalue weighted by Gasteiger charge is 2.38. The summed E-state index contributed by atoms with van der Waals surface area (Å²) in [6, 6.07) is 7.03. The fourth-order valence-corrected chi connectivity index (χ4v) is 6.85. The predicted molar refractivity (Wildman–Crippen MR) is 105 cm³/mol. The minimum Gasteiger partial charge on any atom is -0.491 e. The maximum Gasteiger partial charge on any atom is 0.272 e. The monoisotopic (exact) mass is 378 g/mol. The molecule has 1 aliphatic rings. The Morgan fingerprint density at radius 1 is 1.23 bits per heavy atom. The molecule has 1 fully saturated rings. The van der Waals surface area contributed by atoms with Crippen LogP contribution in [0.3, 0.4) is 0 Å². The molecule has 1 aromatic rings. The molecule has 0 radical (unpaired) electrons. The molecule has 1 heterocycles. The third-order valence-electron chi connectivity index (χ3n) is 4.11. The second-order valence-corrected chi connectivity index (χ2v) is 11.6. The molecule has 1 saturated heterocycles. The lowest BCUT2D eigenvalue weighted by Crippen LogP contribution is -2.41. The van der Waals surface area contributed by atoms with E-state index in [-0.39, 0.29) is 23.6 Å². The van der Waals surface area contributed by atoms with Gasteiger partial charge in [0.1, 0.15) is 24.5 Å². The van der Waals surface area contributed by atoms with Crippen LogP contribution < -0.4 is 4.74 Å². The van der Waals surface area contributed by atoms with Crippen LogP contribution in [0.2, 0.25) is 12.6 Å². The van der Waals surface area contributed by atoms with Crippen LogP contribution in [0, 0.1) is 22.7 Å². The molecule has 144 valence electrons. The van der Waals surface area contributed by atoms with E-state index in [1.807, 2.05) is 0 Å². The number of hydrogen-bond donors (Lipinski definition) is 0. The van der Waals surface area contributed by atoms with Crippen molar-refractivity contribution < 1.29 is 18.3 Å². The number of rotatable bonds is 6. The first-order valence-corrected chi connectivity index (χ1v) is 12.0. The fraction of sp³-hybridized carbons (Fsp3) is 0.619. The zero-order valence-corrected chi connectivity index (χ0v) is 17.6. The van der Waals surface area contributed by atoms with Crippen molar-refractivity contribution in [1.29, 1.82) is 0 Å². The first kappa shape index (κ1) is 21.0. The Kier molecular flexibility index (Phi) is 7.28. The third-order valence-corrected chi connectivity index (χ3v) is 7.33. The van der Waals surface area contributed by atoms with Gasteiger partial charge in [-0.25, -0.2) is 4.39 Å². The van der Waals surface area contributed by atoms with E-state index < -0.39 is 8.32 Å². The SMILES string of the molecule is CCC#C[Si](C)(CC(C)(C)C)O[C@H]1CC[C@@H](COc2ccc(F)cc2)O1. The average molecular weight is 379 g/mol. The molecule has 1 unspecified atom stereocenters. The first-order valence-electron chi connectivity index (χ1n) is 9.41. The zero-order valence-electron chi connectivity index (χ0n) is 16.6. The summed E-state index contributed by atoms with van der Waals surface area (Å²) in [4.78, 5) is 0. The van der Waals surface area contributed by atoms with Gasteiger partial charge in [-0.1, -0.05) is 33.2 Å². The zero-order chi connectivity index (χ0) is 19.2. The topological polar surface area (TPSA) is 27.7 Å². The molecule has 1 aliphatic heterocycles. The van der Waals surface area contributed by atoms with Crippen LogP contribution in [0.15, 0.2) is 24.3 Å². The van der Waals surface area contributed by atoms with Crippen molar-refractivity contribution in [2.45, 2.75) is 71.9 Å². The molecular formula is C21H31FO3Si. The highest BCUT2D eigenvalue weighted by atomic mass is 28.4. The second-order valence-electron chi connectivity index (χ2n) is 8.27. The van der Waals surface area contributed by atoms with E-state index in [4.69, 9.17) is 13.9 Å². The van der Waals surface area contributed by atoms with Crippen LogP contribution in [-0.2, 0) is 9.16 Å². The summed E-state index contributed by atoms with van der Waals surface area (Å²) in [6.07, 6.45) is 2.39. The minimum absolute atomic E-state index is 0.00271. The maximum absolute atomic E-state index is 12.9. The quantitative estimate of drug-likeness (QED) is 0.496. The highest BCUT2D eigenvalue weighted by molar-refractivity contribution is 6.80. The number of halogens is 1. The third kappa shape index (κ3) is 7.11.